The first kappa shape index (κ1) is 30.9. The Balaban J connectivity index is 2.13. The van der Waals surface area contributed by atoms with Gasteiger partial charge in [0, 0.05) is 37.1 Å². The predicted molar refractivity (Wildman–Crippen MR) is 148 cm³/mol. The molecule has 0 radical (unpaired) electrons. The van der Waals surface area contributed by atoms with Gasteiger partial charge in [-0.15, -0.1) is 0 Å². The van der Waals surface area contributed by atoms with Crippen molar-refractivity contribution in [1.29, 1.82) is 0 Å². The molecule has 13 heteroatoms. The molecule has 1 aliphatic heterocycles. The molecule has 1 heterocycles. The lowest BCUT2D eigenvalue weighted by Crippen LogP contribution is -2.49. The first-order chi connectivity index (χ1) is 19.5. The Morgan fingerprint density at radius 2 is 1.73 bits per heavy atom. The molecule has 0 fully saturated rings. The van der Waals surface area contributed by atoms with E-state index in [-0.39, 0.29) is 19.5 Å². The molecule has 0 spiro atoms. The van der Waals surface area contributed by atoms with Gasteiger partial charge in [0.25, 0.3) is 0 Å². The number of carbonyl (C=O) groups excluding carboxylic acids is 4. The van der Waals surface area contributed by atoms with E-state index in [1.807, 2.05) is 0 Å². The molecule has 2 aromatic rings. The lowest BCUT2D eigenvalue weighted by atomic mass is 9.94. The van der Waals surface area contributed by atoms with E-state index in [4.69, 9.17) is 15.2 Å². The molecule has 41 heavy (non-hydrogen) atoms. The zero-order valence-corrected chi connectivity index (χ0v) is 23.4. The number of likely N-dealkylation sites (N-methyl/N-ethyl adjacent to an activating group) is 1. The largest absolute Gasteiger partial charge is 0.496 e. The van der Waals surface area contributed by atoms with Crippen LogP contribution in [0.5, 0.6) is 11.5 Å². The number of hydrogen-bond acceptors (Lipinski definition) is 8. The van der Waals surface area contributed by atoms with Crippen LogP contribution in [0.4, 0.5) is 0 Å². The molecule has 2 unspecified atom stereocenters. The molecule has 2 aromatic carbocycles. The van der Waals surface area contributed by atoms with Crippen molar-refractivity contribution in [2.24, 2.45) is 11.7 Å². The summed E-state index contributed by atoms with van der Waals surface area (Å²) < 4.78 is 11.2. The predicted octanol–water partition coefficient (Wildman–Crippen LogP) is -0.177. The van der Waals surface area contributed by atoms with Crippen LogP contribution >= 0.6 is 0 Å². The van der Waals surface area contributed by atoms with Gasteiger partial charge >= 0.3 is 5.97 Å². The molecule has 13 nitrogen and oxygen atoms in total. The van der Waals surface area contributed by atoms with Gasteiger partial charge in [0.15, 0.2) is 0 Å². The van der Waals surface area contributed by atoms with Gasteiger partial charge in [0.2, 0.25) is 23.6 Å². The van der Waals surface area contributed by atoms with Gasteiger partial charge in [-0.1, -0.05) is 19.1 Å². The van der Waals surface area contributed by atoms with Gasteiger partial charge in [-0.05, 0) is 35.4 Å². The van der Waals surface area contributed by atoms with Crippen LogP contribution in [0, 0.1) is 5.92 Å². The van der Waals surface area contributed by atoms with Crippen molar-refractivity contribution in [2.75, 3.05) is 40.9 Å². The molecule has 1 aliphatic rings. The molecule has 0 saturated heterocycles. The fourth-order valence-corrected chi connectivity index (χ4v) is 4.41. The molecule has 6 N–H and O–H groups in total. The topological polar surface area (TPSA) is 189 Å². The standard InChI is InChI=1S/C28H35N5O8/c1-15(12-29)26(36)31-14-24(35)33(2)25-17-6-8-22(41-4)19(11-17)18-9-16(5-7-21(18)40-3)10-20(28(38)39)32-23(34)13-30-27(25)37/h5-9,11,15,20,25H,10,12-14,29H2,1-4H3,(H,30,37)(H,31,36)(H,32,34)(H,38,39)/t15?,20-,25?/m0/s1. The Bertz CT molecular complexity index is 1330. The minimum atomic E-state index is -1.27. The molecular weight excluding hydrogens is 534 g/mol. The van der Waals surface area contributed by atoms with E-state index in [1.165, 1.54) is 21.3 Å². The molecule has 3 rings (SSSR count). The Morgan fingerprint density at radius 3 is 2.34 bits per heavy atom. The van der Waals surface area contributed by atoms with Crippen LogP contribution < -0.4 is 31.2 Å². The van der Waals surface area contributed by atoms with Gasteiger partial charge in [-0.3, -0.25) is 19.2 Å². The summed E-state index contributed by atoms with van der Waals surface area (Å²) in [5.41, 5.74) is 7.60. The number of nitrogens with zero attached hydrogens (tertiary/aromatic N) is 1. The number of nitrogens with one attached hydrogen (secondary N) is 3. The summed E-state index contributed by atoms with van der Waals surface area (Å²) in [7, 11) is 4.36. The summed E-state index contributed by atoms with van der Waals surface area (Å²) in [6.45, 7) is 0.813. The fraction of sp³-hybridized carbons (Fsp3) is 0.393. The Hall–Kier alpha value is -4.65. The van der Waals surface area contributed by atoms with Crippen molar-refractivity contribution in [3.05, 3.63) is 47.5 Å². The molecule has 0 aliphatic carbocycles. The number of amides is 4. The number of ether oxygens (including phenoxy) is 2. The van der Waals surface area contributed by atoms with Crippen molar-refractivity contribution in [2.45, 2.75) is 25.4 Å². The third kappa shape index (κ3) is 7.31. The third-order valence-corrected chi connectivity index (χ3v) is 6.83. The number of methoxy groups -OCH3 is 2. The average molecular weight is 570 g/mol. The van der Waals surface area contributed by atoms with Crippen LogP contribution in [0.3, 0.4) is 0 Å². The maximum Gasteiger partial charge on any atom is 0.326 e. The summed E-state index contributed by atoms with van der Waals surface area (Å²) in [4.78, 5) is 64.5. The minimum absolute atomic E-state index is 0.0254. The second-order valence-corrected chi connectivity index (χ2v) is 9.64. The first-order valence-corrected chi connectivity index (χ1v) is 12.9. The van der Waals surface area contributed by atoms with Crippen molar-refractivity contribution < 1.29 is 38.6 Å². The van der Waals surface area contributed by atoms with Gasteiger partial charge in [-0.2, -0.15) is 0 Å². The van der Waals surface area contributed by atoms with Gasteiger partial charge < -0.3 is 41.2 Å². The van der Waals surface area contributed by atoms with E-state index in [0.717, 1.165) is 4.90 Å². The van der Waals surface area contributed by atoms with Crippen molar-refractivity contribution in [3.8, 4) is 22.6 Å². The van der Waals surface area contributed by atoms with E-state index in [9.17, 15) is 29.1 Å². The highest BCUT2D eigenvalue weighted by atomic mass is 16.5. The lowest BCUT2D eigenvalue weighted by molar-refractivity contribution is -0.142. The molecule has 0 aromatic heterocycles. The molecule has 4 bridgehead atoms. The Labute approximate surface area is 237 Å². The average Bonchev–Trinajstić information content (AvgIpc) is 2.97. The van der Waals surface area contributed by atoms with E-state index < -0.39 is 54.1 Å². The van der Waals surface area contributed by atoms with Crippen LogP contribution in [0.15, 0.2) is 36.4 Å². The molecular formula is C28H35N5O8. The van der Waals surface area contributed by atoms with Crippen LogP contribution in [-0.2, 0) is 30.4 Å². The van der Waals surface area contributed by atoms with E-state index in [2.05, 4.69) is 16.0 Å². The van der Waals surface area contributed by atoms with Crippen LogP contribution in [0.25, 0.3) is 11.1 Å². The Morgan fingerprint density at radius 1 is 1.10 bits per heavy atom. The fourth-order valence-electron chi connectivity index (χ4n) is 4.41. The van der Waals surface area contributed by atoms with Crippen molar-refractivity contribution in [3.63, 3.8) is 0 Å². The summed E-state index contributed by atoms with van der Waals surface area (Å²) >= 11 is 0. The van der Waals surface area contributed by atoms with E-state index >= 15 is 0 Å². The van der Waals surface area contributed by atoms with Gasteiger partial charge in [-0.25, -0.2) is 4.79 Å². The highest BCUT2D eigenvalue weighted by Gasteiger charge is 2.31. The summed E-state index contributed by atoms with van der Waals surface area (Å²) in [5.74, 6) is -3.26. The highest BCUT2D eigenvalue weighted by Crippen LogP contribution is 2.39. The highest BCUT2D eigenvalue weighted by molar-refractivity contribution is 5.94. The Kier molecular flexibility index (Phi) is 10.3. The SMILES string of the molecule is COc1ccc2cc1-c1cc(ccc1OC)C(N(C)C(=O)CNC(=O)C(C)CN)C(=O)NCC(=O)N[C@H](C(=O)O)C2. The number of carboxylic acids is 1. The number of nitrogens with two attached hydrogens (primary N) is 1. The smallest absolute Gasteiger partial charge is 0.326 e. The molecule has 4 amide bonds. The van der Waals surface area contributed by atoms with Crippen LogP contribution in [-0.4, -0.2) is 86.5 Å². The quantitative estimate of drug-likeness (QED) is 0.287. The number of carboxylic acid groups (broad SMARTS) is 1. The molecule has 0 saturated carbocycles. The van der Waals surface area contributed by atoms with E-state index in [0.29, 0.717) is 33.8 Å². The number of aliphatic carboxylic acids is 1. The van der Waals surface area contributed by atoms with Gasteiger partial charge in [0.1, 0.15) is 23.6 Å². The molecule has 3 atom stereocenters. The van der Waals surface area contributed by atoms with Crippen LogP contribution in [0.2, 0.25) is 0 Å². The number of carbonyl (C=O) groups is 5. The second kappa shape index (κ2) is 13.6. The maximum atomic E-state index is 13.5. The molecule has 220 valence electrons. The zero-order valence-electron chi connectivity index (χ0n) is 23.4. The second-order valence-electron chi connectivity index (χ2n) is 9.64. The summed E-state index contributed by atoms with van der Waals surface area (Å²) in [5, 5.41) is 17.2. The number of fused-ring (bicyclic) bond motifs is 5. The first-order valence-electron chi connectivity index (χ1n) is 12.9. The normalized spacial score (nSPS) is 17.7. The maximum absolute atomic E-state index is 13.5. The monoisotopic (exact) mass is 569 g/mol. The van der Waals surface area contributed by atoms with Gasteiger partial charge in [0.05, 0.1) is 27.3 Å². The lowest BCUT2D eigenvalue weighted by Gasteiger charge is -2.29. The number of rotatable bonds is 8. The van der Waals surface area contributed by atoms with Crippen molar-refractivity contribution >= 4 is 29.6 Å². The summed E-state index contributed by atoms with van der Waals surface area (Å²) in [6.07, 6.45) is -0.0254. The third-order valence-electron chi connectivity index (χ3n) is 6.83. The van der Waals surface area contributed by atoms with Crippen LogP contribution in [0.1, 0.15) is 24.1 Å². The number of hydrogen-bond donors (Lipinski definition) is 5. The zero-order chi connectivity index (χ0) is 30.3. The number of benzene rings is 2. The summed E-state index contributed by atoms with van der Waals surface area (Å²) in [6, 6.07) is 7.54. The van der Waals surface area contributed by atoms with Crippen molar-refractivity contribution in [1.82, 2.24) is 20.9 Å². The van der Waals surface area contributed by atoms with E-state index in [1.54, 1.807) is 43.3 Å². The minimum Gasteiger partial charge on any atom is -0.496 e.